The SMILES string of the molecule is Cc1ccc(F)c(N2C(N)=NC(N)=NC23CCCCC3)c1F. The predicted octanol–water partition coefficient (Wildman–Crippen LogP) is 2.38. The van der Waals surface area contributed by atoms with E-state index in [1.165, 1.54) is 17.0 Å². The zero-order valence-electron chi connectivity index (χ0n) is 12.4. The number of guanidine groups is 2. The average Bonchev–Trinajstić information content (AvgIpc) is 2.47. The van der Waals surface area contributed by atoms with Crippen molar-refractivity contribution in [3.63, 3.8) is 0 Å². The lowest BCUT2D eigenvalue weighted by Gasteiger charge is -2.45. The van der Waals surface area contributed by atoms with E-state index in [9.17, 15) is 8.78 Å². The lowest BCUT2D eigenvalue weighted by molar-refractivity contribution is 0.302. The number of anilines is 1. The van der Waals surface area contributed by atoms with E-state index in [0.29, 0.717) is 18.4 Å². The van der Waals surface area contributed by atoms with Crippen molar-refractivity contribution >= 4 is 17.6 Å². The summed E-state index contributed by atoms with van der Waals surface area (Å²) in [4.78, 5) is 9.72. The maximum absolute atomic E-state index is 14.6. The fraction of sp³-hybridized carbons (Fsp3) is 0.467. The molecule has 0 atom stereocenters. The molecule has 1 spiro atoms. The summed E-state index contributed by atoms with van der Waals surface area (Å²) in [6.45, 7) is 1.58. The molecule has 1 fully saturated rings. The Morgan fingerprint density at radius 1 is 1.14 bits per heavy atom. The first-order valence-corrected chi connectivity index (χ1v) is 7.39. The van der Waals surface area contributed by atoms with Crippen molar-refractivity contribution in [3.05, 3.63) is 29.3 Å². The number of aliphatic imine (C=N–C) groups is 2. The van der Waals surface area contributed by atoms with Gasteiger partial charge in [-0.1, -0.05) is 12.5 Å². The fourth-order valence-corrected chi connectivity index (χ4v) is 3.29. The van der Waals surface area contributed by atoms with Gasteiger partial charge in [-0.2, -0.15) is 4.99 Å². The number of halogens is 2. The summed E-state index contributed by atoms with van der Waals surface area (Å²) in [6.07, 6.45) is 4.12. The molecule has 22 heavy (non-hydrogen) atoms. The van der Waals surface area contributed by atoms with E-state index in [1.807, 2.05) is 0 Å². The molecular weight excluding hydrogens is 288 g/mol. The monoisotopic (exact) mass is 307 g/mol. The van der Waals surface area contributed by atoms with E-state index < -0.39 is 17.3 Å². The van der Waals surface area contributed by atoms with E-state index >= 15 is 0 Å². The smallest absolute Gasteiger partial charge is 0.220 e. The Balaban J connectivity index is 2.19. The summed E-state index contributed by atoms with van der Waals surface area (Å²) >= 11 is 0. The highest BCUT2D eigenvalue weighted by molar-refractivity contribution is 6.05. The Morgan fingerprint density at radius 3 is 2.50 bits per heavy atom. The van der Waals surface area contributed by atoms with E-state index in [0.717, 1.165) is 19.3 Å². The van der Waals surface area contributed by atoms with Gasteiger partial charge < -0.3 is 11.5 Å². The van der Waals surface area contributed by atoms with E-state index in [1.54, 1.807) is 6.92 Å². The average molecular weight is 307 g/mol. The highest BCUT2D eigenvalue weighted by Gasteiger charge is 2.44. The molecule has 1 aromatic carbocycles. The van der Waals surface area contributed by atoms with Crippen molar-refractivity contribution < 1.29 is 8.78 Å². The van der Waals surface area contributed by atoms with Gasteiger partial charge in [-0.3, -0.25) is 4.90 Å². The van der Waals surface area contributed by atoms with Gasteiger partial charge in [0.15, 0.2) is 5.82 Å². The van der Waals surface area contributed by atoms with Crippen molar-refractivity contribution in [2.24, 2.45) is 21.5 Å². The summed E-state index contributed by atoms with van der Waals surface area (Å²) < 4.78 is 28.9. The quantitative estimate of drug-likeness (QED) is 0.836. The summed E-state index contributed by atoms with van der Waals surface area (Å²) in [5.41, 5.74) is 11.0. The van der Waals surface area contributed by atoms with Crippen LogP contribution in [0.3, 0.4) is 0 Å². The highest BCUT2D eigenvalue weighted by Crippen LogP contribution is 2.41. The summed E-state index contributed by atoms with van der Waals surface area (Å²) in [5, 5.41) is 0. The number of benzene rings is 1. The molecule has 0 saturated heterocycles. The van der Waals surface area contributed by atoms with Crippen LogP contribution in [0.4, 0.5) is 14.5 Å². The minimum atomic E-state index is -0.844. The first-order chi connectivity index (χ1) is 10.4. The fourth-order valence-electron chi connectivity index (χ4n) is 3.29. The van der Waals surface area contributed by atoms with Crippen LogP contribution >= 0.6 is 0 Å². The van der Waals surface area contributed by atoms with Crippen molar-refractivity contribution in [3.8, 4) is 0 Å². The third-order valence-electron chi connectivity index (χ3n) is 4.34. The van der Waals surface area contributed by atoms with Gasteiger partial charge >= 0.3 is 0 Å². The van der Waals surface area contributed by atoms with Crippen LogP contribution in [0.5, 0.6) is 0 Å². The van der Waals surface area contributed by atoms with Gasteiger partial charge in [0.2, 0.25) is 11.9 Å². The van der Waals surface area contributed by atoms with Gasteiger partial charge in [-0.15, -0.1) is 0 Å². The molecule has 118 valence electrons. The standard InChI is InChI=1S/C15H19F2N5/c1-9-5-6-10(16)12(11(9)17)22-14(19)20-13(18)21-15(22)7-3-2-4-8-15/h5-6H,2-4,7-8H2,1H3,(H4,18,19,20,21). The molecule has 0 radical (unpaired) electrons. The molecule has 2 aliphatic rings. The van der Waals surface area contributed by atoms with Crippen LogP contribution in [-0.2, 0) is 0 Å². The molecule has 0 amide bonds. The van der Waals surface area contributed by atoms with Gasteiger partial charge in [0.25, 0.3) is 0 Å². The van der Waals surface area contributed by atoms with Gasteiger partial charge in [-0.05, 0) is 44.2 Å². The summed E-state index contributed by atoms with van der Waals surface area (Å²) in [6, 6.07) is 2.63. The molecule has 0 unspecified atom stereocenters. The Kier molecular flexibility index (Phi) is 3.50. The van der Waals surface area contributed by atoms with Gasteiger partial charge in [0.05, 0.1) is 0 Å². The second kappa shape index (κ2) is 5.23. The second-order valence-electron chi connectivity index (χ2n) is 5.85. The predicted molar refractivity (Wildman–Crippen MR) is 82.6 cm³/mol. The van der Waals surface area contributed by atoms with Crippen LogP contribution < -0.4 is 16.4 Å². The van der Waals surface area contributed by atoms with Crippen LogP contribution in [-0.4, -0.2) is 17.6 Å². The lowest BCUT2D eigenvalue weighted by atomic mass is 9.87. The summed E-state index contributed by atoms with van der Waals surface area (Å²) in [5.74, 6) is -1.28. The number of rotatable bonds is 1. The third-order valence-corrected chi connectivity index (χ3v) is 4.34. The van der Waals surface area contributed by atoms with Gasteiger partial charge in [-0.25, -0.2) is 13.8 Å². The second-order valence-corrected chi connectivity index (χ2v) is 5.85. The summed E-state index contributed by atoms with van der Waals surface area (Å²) in [7, 11) is 0. The zero-order valence-corrected chi connectivity index (χ0v) is 12.4. The maximum atomic E-state index is 14.6. The Hall–Kier alpha value is -2.18. The number of nitrogens with zero attached hydrogens (tertiary/aromatic N) is 3. The molecule has 0 aromatic heterocycles. The highest BCUT2D eigenvalue weighted by atomic mass is 19.1. The van der Waals surface area contributed by atoms with E-state index in [2.05, 4.69) is 9.98 Å². The largest absolute Gasteiger partial charge is 0.369 e. The number of aryl methyl sites for hydroxylation is 1. The molecule has 7 heteroatoms. The third kappa shape index (κ3) is 2.20. The van der Waals surface area contributed by atoms with E-state index in [-0.39, 0.29) is 17.6 Å². The van der Waals surface area contributed by atoms with E-state index in [4.69, 9.17) is 11.5 Å². The molecule has 1 saturated carbocycles. The number of hydrogen-bond donors (Lipinski definition) is 2. The maximum Gasteiger partial charge on any atom is 0.220 e. The van der Waals surface area contributed by atoms with Crippen LogP contribution in [0.1, 0.15) is 37.7 Å². The first-order valence-electron chi connectivity index (χ1n) is 7.39. The van der Waals surface area contributed by atoms with Crippen molar-refractivity contribution in [1.82, 2.24) is 0 Å². The molecule has 5 nitrogen and oxygen atoms in total. The van der Waals surface area contributed by atoms with Gasteiger partial charge in [0.1, 0.15) is 17.2 Å². The molecule has 1 heterocycles. The topological polar surface area (TPSA) is 80.0 Å². The number of hydrogen-bond acceptors (Lipinski definition) is 5. The molecule has 1 aliphatic carbocycles. The molecule has 0 bridgehead atoms. The molecular formula is C15H19F2N5. The minimum Gasteiger partial charge on any atom is -0.369 e. The molecule has 1 aromatic rings. The Bertz CT molecular complexity index is 662. The zero-order chi connectivity index (χ0) is 15.9. The first kappa shape index (κ1) is 14.7. The Morgan fingerprint density at radius 2 is 1.82 bits per heavy atom. The van der Waals surface area contributed by atoms with Gasteiger partial charge in [0, 0.05) is 0 Å². The van der Waals surface area contributed by atoms with Crippen LogP contribution in [0, 0.1) is 18.6 Å². The van der Waals surface area contributed by atoms with Crippen molar-refractivity contribution in [2.45, 2.75) is 44.7 Å². The molecule has 4 N–H and O–H groups in total. The molecule has 1 aliphatic heterocycles. The van der Waals surface area contributed by atoms with Crippen LogP contribution in [0.15, 0.2) is 22.1 Å². The molecule has 3 rings (SSSR count). The minimum absolute atomic E-state index is 0.0159. The lowest BCUT2D eigenvalue weighted by Crippen LogP contribution is -2.58. The normalized spacial score (nSPS) is 20.8. The number of nitrogens with two attached hydrogens (primary N) is 2. The van der Waals surface area contributed by atoms with Crippen LogP contribution in [0.25, 0.3) is 0 Å². The van der Waals surface area contributed by atoms with Crippen molar-refractivity contribution in [1.29, 1.82) is 0 Å². The van der Waals surface area contributed by atoms with Crippen LogP contribution in [0.2, 0.25) is 0 Å². The Labute approximate surface area is 127 Å². The van der Waals surface area contributed by atoms with Crippen molar-refractivity contribution in [2.75, 3.05) is 4.90 Å².